The molecule has 1 saturated heterocycles. The Hall–Kier alpha value is -1.40. The fourth-order valence-corrected chi connectivity index (χ4v) is 2.35. The number of nitrogens with zero attached hydrogens (tertiary/aromatic N) is 2. The number of aromatic nitrogens is 2. The molecule has 1 amide bonds. The molecule has 1 atom stereocenters. The number of hydrogen-bond donors (Lipinski definition) is 1. The van der Waals surface area contributed by atoms with Crippen LogP contribution in [0.4, 0.5) is 0 Å². The molecule has 6 heteroatoms. The lowest BCUT2D eigenvalue weighted by atomic mass is 10.2. The van der Waals surface area contributed by atoms with Crippen LogP contribution < -0.4 is 5.32 Å². The third-order valence-electron chi connectivity index (χ3n) is 3.51. The van der Waals surface area contributed by atoms with Crippen molar-refractivity contribution in [3.05, 3.63) is 17.0 Å². The molecule has 0 radical (unpaired) electrons. The van der Waals surface area contributed by atoms with Gasteiger partial charge < -0.3 is 14.8 Å². The molecule has 20 heavy (non-hydrogen) atoms. The molecule has 1 N–H and O–H groups in total. The Morgan fingerprint density at radius 2 is 2.25 bits per heavy atom. The lowest BCUT2D eigenvalue weighted by Gasteiger charge is -2.22. The van der Waals surface area contributed by atoms with Crippen molar-refractivity contribution in [3.8, 4) is 0 Å². The molecule has 1 fully saturated rings. The largest absolute Gasteiger partial charge is 0.376 e. The Balaban J connectivity index is 1.94. The molecule has 2 rings (SSSR count). The Morgan fingerprint density at radius 3 is 2.90 bits per heavy atom. The number of hydrogen-bond acceptors (Lipinski definition) is 4. The number of carbonyl (C=O) groups is 1. The Morgan fingerprint density at radius 1 is 1.45 bits per heavy atom. The molecule has 0 aromatic carbocycles. The summed E-state index contributed by atoms with van der Waals surface area (Å²) >= 11 is 0. The first-order chi connectivity index (χ1) is 9.63. The van der Waals surface area contributed by atoms with Gasteiger partial charge in [-0.15, -0.1) is 0 Å². The minimum absolute atomic E-state index is 0.119. The summed E-state index contributed by atoms with van der Waals surface area (Å²) in [6, 6.07) is 0. The van der Waals surface area contributed by atoms with Gasteiger partial charge in [-0.2, -0.15) is 5.10 Å². The highest BCUT2D eigenvalue weighted by atomic mass is 16.6. The molecule has 1 aliphatic heterocycles. The molecule has 1 aromatic rings. The molecule has 2 heterocycles. The highest BCUT2D eigenvalue weighted by Crippen LogP contribution is 2.13. The first-order valence-corrected chi connectivity index (χ1v) is 7.13. The van der Waals surface area contributed by atoms with Gasteiger partial charge in [0.1, 0.15) is 0 Å². The van der Waals surface area contributed by atoms with Crippen LogP contribution >= 0.6 is 0 Å². The predicted octanol–water partition coefficient (Wildman–Crippen LogP) is 0.942. The van der Waals surface area contributed by atoms with E-state index in [4.69, 9.17) is 9.47 Å². The van der Waals surface area contributed by atoms with Crippen LogP contribution in [0.2, 0.25) is 0 Å². The molecule has 1 aliphatic rings. The van der Waals surface area contributed by atoms with E-state index in [0.717, 1.165) is 29.9 Å². The highest BCUT2D eigenvalue weighted by Gasteiger charge is 2.23. The van der Waals surface area contributed by atoms with E-state index in [2.05, 4.69) is 17.3 Å². The van der Waals surface area contributed by atoms with Crippen LogP contribution in [0.5, 0.6) is 0 Å². The molecule has 0 saturated carbocycles. The highest BCUT2D eigenvalue weighted by molar-refractivity contribution is 5.81. The maximum Gasteiger partial charge on any atom is 0.251 e. The van der Waals surface area contributed by atoms with Gasteiger partial charge in [-0.1, -0.05) is 6.92 Å². The van der Waals surface area contributed by atoms with E-state index in [1.54, 1.807) is 0 Å². The second-order valence-electron chi connectivity index (χ2n) is 5.02. The van der Waals surface area contributed by atoms with Gasteiger partial charge in [0.25, 0.3) is 5.91 Å². The molecule has 0 unspecified atom stereocenters. The Labute approximate surface area is 119 Å². The summed E-state index contributed by atoms with van der Waals surface area (Å²) < 4.78 is 12.6. The minimum Gasteiger partial charge on any atom is -0.376 e. The van der Waals surface area contributed by atoms with E-state index >= 15 is 0 Å². The van der Waals surface area contributed by atoms with Gasteiger partial charge in [0.05, 0.1) is 25.5 Å². The molecular weight excluding hydrogens is 258 g/mol. The van der Waals surface area contributed by atoms with Crippen LogP contribution in [0.1, 0.15) is 30.3 Å². The third-order valence-corrected chi connectivity index (χ3v) is 3.51. The van der Waals surface area contributed by atoms with E-state index < -0.39 is 6.10 Å². The first-order valence-electron chi connectivity index (χ1n) is 7.13. The van der Waals surface area contributed by atoms with Crippen LogP contribution in [0.3, 0.4) is 0 Å². The van der Waals surface area contributed by atoms with Crippen LogP contribution in [-0.2, 0) is 27.4 Å². The SMILES string of the molecule is CCCn1nc(C)c(CNC(=O)[C@@H]2COCCO2)c1C. The summed E-state index contributed by atoms with van der Waals surface area (Å²) in [7, 11) is 0. The average molecular weight is 281 g/mol. The van der Waals surface area contributed by atoms with Crippen molar-refractivity contribution in [2.24, 2.45) is 0 Å². The summed E-state index contributed by atoms with van der Waals surface area (Å²) in [6.45, 7) is 8.89. The Kier molecular flexibility index (Phi) is 5.14. The maximum absolute atomic E-state index is 12.0. The Bertz CT molecular complexity index is 464. The van der Waals surface area contributed by atoms with Crippen molar-refractivity contribution >= 4 is 5.91 Å². The molecular formula is C14H23N3O3. The van der Waals surface area contributed by atoms with Gasteiger partial charge >= 0.3 is 0 Å². The van der Waals surface area contributed by atoms with Gasteiger partial charge in [0.2, 0.25) is 0 Å². The van der Waals surface area contributed by atoms with Gasteiger partial charge in [-0.25, -0.2) is 0 Å². The number of nitrogens with one attached hydrogen (secondary N) is 1. The zero-order chi connectivity index (χ0) is 14.5. The van der Waals surface area contributed by atoms with Crippen LogP contribution in [0.15, 0.2) is 0 Å². The van der Waals surface area contributed by atoms with Crippen LogP contribution in [0, 0.1) is 13.8 Å². The summed E-state index contributed by atoms with van der Waals surface area (Å²) in [5.74, 6) is -0.119. The van der Waals surface area contributed by atoms with Crippen molar-refractivity contribution in [1.29, 1.82) is 0 Å². The molecule has 0 bridgehead atoms. The second-order valence-corrected chi connectivity index (χ2v) is 5.02. The van der Waals surface area contributed by atoms with Crippen molar-refractivity contribution in [2.45, 2.75) is 46.4 Å². The summed E-state index contributed by atoms with van der Waals surface area (Å²) in [6.07, 6.45) is 0.552. The number of carbonyl (C=O) groups excluding carboxylic acids is 1. The lowest BCUT2D eigenvalue weighted by Crippen LogP contribution is -2.42. The van der Waals surface area contributed by atoms with Gasteiger partial charge in [0.15, 0.2) is 6.10 Å². The molecule has 6 nitrogen and oxygen atoms in total. The number of ether oxygens (including phenoxy) is 2. The minimum atomic E-state index is -0.491. The summed E-state index contributed by atoms with van der Waals surface area (Å²) in [5, 5.41) is 7.41. The van der Waals surface area contributed by atoms with Gasteiger partial charge in [-0.05, 0) is 20.3 Å². The molecule has 1 aromatic heterocycles. The smallest absolute Gasteiger partial charge is 0.251 e. The summed E-state index contributed by atoms with van der Waals surface area (Å²) in [4.78, 5) is 12.0. The molecule has 112 valence electrons. The quantitative estimate of drug-likeness (QED) is 0.872. The fourth-order valence-electron chi connectivity index (χ4n) is 2.35. The summed E-state index contributed by atoms with van der Waals surface area (Å²) in [5.41, 5.74) is 3.17. The normalized spacial score (nSPS) is 19.1. The van der Waals surface area contributed by atoms with E-state index in [1.165, 1.54) is 0 Å². The lowest BCUT2D eigenvalue weighted by molar-refractivity contribution is -0.147. The molecule has 0 spiro atoms. The number of rotatable bonds is 5. The van der Waals surface area contributed by atoms with E-state index in [-0.39, 0.29) is 5.91 Å². The first kappa shape index (κ1) is 15.0. The predicted molar refractivity (Wildman–Crippen MR) is 74.4 cm³/mol. The third kappa shape index (κ3) is 3.37. The zero-order valence-electron chi connectivity index (χ0n) is 12.4. The molecule has 0 aliphatic carbocycles. The van der Waals surface area contributed by atoms with Crippen molar-refractivity contribution in [3.63, 3.8) is 0 Å². The topological polar surface area (TPSA) is 65.4 Å². The maximum atomic E-state index is 12.0. The van der Waals surface area contributed by atoms with Gasteiger partial charge in [-0.3, -0.25) is 9.48 Å². The van der Waals surface area contributed by atoms with Gasteiger partial charge in [0, 0.05) is 24.3 Å². The standard InChI is InChI=1S/C14H23N3O3/c1-4-5-17-11(3)12(10(2)16-17)8-15-14(18)13-9-19-6-7-20-13/h13H,4-9H2,1-3H3,(H,15,18)/t13-/m0/s1. The van der Waals surface area contributed by atoms with Crippen LogP contribution in [-0.4, -0.2) is 41.6 Å². The zero-order valence-corrected chi connectivity index (χ0v) is 12.4. The average Bonchev–Trinajstić information content (AvgIpc) is 2.72. The van der Waals surface area contributed by atoms with E-state index in [0.29, 0.717) is 26.4 Å². The number of aryl methyl sites for hydroxylation is 2. The van der Waals surface area contributed by atoms with E-state index in [1.807, 2.05) is 18.5 Å². The van der Waals surface area contributed by atoms with Crippen LogP contribution in [0.25, 0.3) is 0 Å². The number of amides is 1. The second kappa shape index (κ2) is 6.85. The monoisotopic (exact) mass is 281 g/mol. The van der Waals surface area contributed by atoms with Crippen molar-refractivity contribution in [1.82, 2.24) is 15.1 Å². The van der Waals surface area contributed by atoms with E-state index in [9.17, 15) is 4.79 Å². The van der Waals surface area contributed by atoms with Crippen molar-refractivity contribution in [2.75, 3.05) is 19.8 Å². The fraction of sp³-hybridized carbons (Fsp3) is 0.714. The van der Waals surface area contributed by atoms with Crippen molar-refractivity contribution < 1.29 is 14.3 Å².